The predicted molar refractivity (Wildman–Crippen MR) is 193 cm³/mol. The van der Waals surface area contributed by atoms with Gasteiger partial charge >= 0.3 is 12.1 Å². The maximum Gasteiger partial charge on any atom is 0.373 e. The van der Waals surface area contributed by atoms with Gasteiger partial charge in [0.25, 0.3) is 0 Å². The zero-order valence-electron chi connectivity index (χ0n) is 30.7. The van der Waals surface area contributed by atoms with Crippen LogP contribution < -0.4 is 4.74 Å². The van der Waals surface area contributed by atoms with Crippen molar-refractivity contribution in [1.29, 1.82) is 0 Å². The first-order chi connectivity index (χ1) is 25.7. The van der Waals surface area contributed by atoms with Gasteiger partial charge in [-0.05, 0) is 74.1 Å². The monoisotopic (exact) mass is 757 g/mol. The molecule has 1 aliphatic heterocycles. The molecule has 0 saturated carbocycles. The summed E-state index contributed by atoms with van der Waals surface area (Å²) in [6, 6.07) is 20.3. The molecule has 16 heteroatoms. The number of aliphatic carboxylic acids is 1. The Kier molecular flexibility index (Phi) is 12.5. The largest absolute Gasteiger partial charge is 0.488 e. The van der Waals surface area contributed by atoms with Gasteiger partial charge < -0.3 is 14.6 Å². The number of aromatic nitrogens is 6. The topological polar surface area (TPSA) is 189 Å². The molecule has 1 N–H and O–H groups in total. The van der Waals surface area contributed by atoms with E-state index in [4.69, 9.17) is 19.1 Å². The molecule has 0 fully saturated rings. The Hall–Kier alpha value is -5.54. The molecular weight excluding hydrogens is 715 g/mol. The van der Waals surface area contributed by atoms with Crippen LogP contribution in [-0.4, -0.2) is 72.6 Å². The van der Waals surface area contributed by atoms with Crippen molar-refractivity contribution in [2.45, 2.75) is 84.4 Å². The standard InChI is InChI=1S/C37H43N7O6S.CO2/c1-6-31-22-42(40-38-31)19-27-10-9-11-28(16-27)20-43-23-32(39-41-43)24-49-35(37(4,5)36(45)46)29-15-14-25(2)30(17-29)21-44-18-26(3)50-33-12-7-8-13-34(33)51(44,47)48;2-1-3/h7-17,22-23,26,35H,6,18-21,24H2,1-5H3,(H,45,46);/t26-,35?;/m1./s1. The van der Waals surface area contributed by atoms with Gasteiger partial charge in [0.15, 0.2) is 0 Å². The first-order valence-corrected chi connectivity index (χ1v) is 18.7. The van der Waals surface area contributed by atoms with Crippen LogP contribution >= 0.6 is 0 Å². The van der Waals surface area contributed by atoms with Crippen molar-refractivity contribution >= 4 is 22.1 Å². The Morgan fingerprint density at radius 1 is 0.963 bits per heavy atom. The van der Waals surface area contributed by atoms with E-state index in [9.17, 15) is 18.3 Å². The molecule has 15 nitrogen and oxygen atoms in total. The fourth-order valence-electron chi connectivity index (χ4n) is 6.17. The van der Waals surface area contributed by atoms with Crippen molar-refractivity contribution in [1.82, 2.24) is 34.3 Å². The number of aryl methyl sites for hydroxylation is 2. The lowest BCUT2D eigenvalue weighted by atomic mass is 9.81. The average molecular weight is 758 g/mol. The molecule has 1 aliphatic rings. The van der Waals surface area contributed by atoms with Gasteiger partial charge in [-0.15, -0.1) is 10.2 Å². The molecular formula is C38H43N7O8S. The van der Waals surface area contributed by atoms with Gasteiger partial charge in [0.1, 0.15) is 22.4 Å². The molecule has 284 valence electrons. The van der Waals surface area contributed by atoms with Crippen LogP contribution in [0.5, 0.6) is 5.75 Å². The number of benzene rings is 3. The second-order valence-corrected chi connectivity index (χ2v) is 15.6. The Morgan fingerprint density at radius 3 is 2.22 bits per heavy atom. The van der Waals surface area contributed by atoms with E-state index < -0.39 is 27.5 Å². The third-order valence-electron chi connectivity index (χ3n) is 9.10. The maximum absolute atomic E-state index is 13.8. The van der Waals surface area contributed by atoms with E-state index in [0.29, 0.717) is 30.1 Å². The number of carbonyl (C=O) groups excluding carboxylic acids is 2. The lowest BCUT2D eigenvalue weighted by molar-refractivity contribution is -0.191. The Bertz CT molecular complexity index is 2230. The molecule has 1 unspecified atom stereocenters. The number of fused-ring (bicyclic) bond motifs is 1. The van der Waals surface area contributed by atoms with Gasteiger partial charge in [0.2, 0.25) is 10.0 Å². The van der Waals surface area contributed by atoms with Crippen molar-refractivity contribution in [2.75, 3.05) is 6.54 Å². The fraction of sp³-hybridized carbons (Fsp3) is 0.368. The summed E-state index contributed by atoms with van der Waals surface area (Å²) >= 11 is 0. The SMILES string of the molecule is CCc1cn(Cc2cccc(Cn3cc(COC(c4ccc(C)c(CN5C[C@@H](C)Oc6ccccc6S5(=O)=O)c4)C(C)(C)C(=O)O)nn3)c2)nn1.O=C=O. The number of hydrogen-bond donors (Lipinski definition) is 1. The highest BCUT2D eigenvalue weighted by Crippen LogP contribution is 2.39. The van der Waals surface area contributed by atoms with Crippen molar-refractivity contribution in [3.63, 3.8) is 0 Å². The normalized spacial score (nSPS) is 15.8. The van der Waals surface area contributed by atoms with Crippen molar-refractivity contribution in [2.24, 2.45) is 5.41 Å². The Morgan fingerprint density at radius 2 is 1.59 bits per heavy atom. The van der Waals surface area contributed by atoms with Gasteiger partial charge in [0.05, 0.1) is 49.7 Å². The van der Waals surface area contributed by atoms with Gasteiger partial charge in [0, 0.05) is 12.7 Å². The minimum Gasteiger partial charge on any atom is -0.488 e. The average Bonchev–Trinajstić information content (AvgIpc) is 3.76. The molecule has 0 radical (unpaired) electrons. The van der Waals surface area contributed by atoms with Crippen molar-refractivity contribution in [3.05, 3.63) is 118 Å². The zero-order valence-corrected chi connectivity index (χ0v) is 31.6. The van der Waals surface area contributed by atoms with Gasteiger partial charge in [-0.25, -0.2) is 17.8 Å². The van der Waals surface area contributed by atoms with E-state index in [1.54, 1.807) is 49.0 Å². The fourth-order valence-corrected chi connectivity index (χ4v) is 7.78. The first kappa shape index (κ1) is 39.7. The van der Waals surface area contributed by atoms with Crippen LogP contribution in [0.2, 0.25) is 0 Å². The van der Waals surface area contributed by atoms with Crippen LogP contribution in [0.4, 0.5) is 0 Å². The molecule has 6 rings (SSSR count). The van der Waals surface area contributed by atoms with Crippen LogP contribution in [0.25, 0.3) is 0 Å². The summed E-state index contributed by atoms with van der Waals surface area (Å²) in [7, 11) is -3.87. The molecule has 54 heavy (non-hydrogen) atoms. The number of hydrogen-bond acceptors (Lipinski definition) is 11. The van der Waals surface area contributed by atoms with Gasteiger partial charge in [-0.2, -0.15) is 13.9 Å². The summed E-state index contributed by atoms with van der Waals surface area (Å²) in [5.41, 5.74) is 4.49. The maximum atomic E-state index is 13.8. The molecule has 0 amide bonds. The number of carbonyl (C=O) groups is 1. The Balaban J connectivity index is 0.00000181. The van der Waals surface area contributed by atoms with Crippen LogP contribution in [0.15, 0.2) is 84.0 Å². The lowest BCUT2D eigenvalue weighted by Crippen LogP contribution is -2.36. The highest BCUT2D eigenvalue weighted by molar-refractivity contribution is 7.89. The smallest absolute Gasteiger partial charge is 0.373 e. The van der Waals surface area contributed by atoms with Gasteiger partial charge in [-0.1, -0.05) is 71.9 Å². The van der Waals surface area contributed by atoms with E-state index in [1.807, 2.05) is 68.0 Å². The molecule has 2 atom stereocenters. The molecule has 3 aromatic carbocycles. The third kappa shape index (κ3) is 9.33. The second-order valence-electron chi connectivity index (χ2n) is 13.6. The number of sulfonamides is 1. The van der Waals surface area contributed by atoms with E-state index >= 15 is 0 Å². The lowest BCUT2D eigenvalue weighted by Gasteiger charge is -2.31. The van der Waals surface area contributed by atoms with E-state index in [0.717, 1.165) is 34.4 Å². The van der Waals surface area contributed by atoms with Crippen molar-refractivity contribution < 1.29 is 37.4 Å². The third-order valence-corrected chi connectivity index (χ3v) is 10.9. The van der Waals surface area contributed by atoms with Crippen LogP contribution in [0.3, 0.4) is 0 Å². The zero-order chi connectivity index (χ0) is 39.0. The molecule has 2 aromatic heterocycles. The minimum absolute atomic E-state index is 0.0167. The summed E-state index contributed by atoms with van der Waals surface area (Å²) in [6.07, 6.45) is 3.55. The number of carboxylic acid groups (broad SMARTS) is 1. The molecule has 0 bridgehead atoms. The van der Waals surface area contributed by atoms with E-state index in [2.05, 4.69) is 26.7 Å². The summed E-state index contributed by atoms with van der Waals surface area (Å²) in [4.78, 5) is 28.9. The van der Waals surface area contributed by atoms with E-state index in [1.165, 1.54) is 4.31 Å². The van der Waals surface area contributed by atoms with Crippen LogP contribution in [0.1, 0.15) is 73.0 Å². The number of ether oxygens (including phenoxy) is 2. The summed E-state index contributed by atoms with van der Waals surface area (Å²) in [5, 5.41) is 27.2. The highest BCUT2D eigenvalue weighted by Gasteiger charge is 2.40. The molecule has 0 aliphatic carbocycles. The summed E-state index contributed by atoms with van der Waals surface area (Å²) in [5.74, 6) is -0.707. The summed E-state index contributed by atoms with van der Waals surface area (Å²) < 4.78 is 44.7. The molecule has 0 spiro atoms. The number of rotatable bonds is 13. The van der Waals surface area contributed by atoms with Crippen molar-refractivity contribution in [3.8, 4) is 5.75 Å². The quantitative estimate of drug-likeness (QED) is 0.176. The highest BCUT2D eigenvalue weighted by atomic mass is 32.2. The van der Waals surface area contributed by atoms with Crippen LogP contribution in [0, 0.1) is 12.3 Å². The molecule has 5 aromatic rings. The van der Waals surface area contributed by atoms with Crippen LogP contribution in [-0.2, 0) is 61.8 Å². The molecule has 3 heterocycles. The number of nitrogens with zero attached hydrogens (tertiary/aromatic N) is 7. The minimum atomic E-state index is -3.87. The van der Waals surface area contributed by atoms with Gasteiger partial charge in [-0.3, -0.25) is 4.79 Å². The molecule has 0 saturated heterocycles. The number of para-hydroxylation sites is 1. The summed E-state index contributed by atoms with van der Waals surface area (Å²) in [6.45, 7) is 10.4. The number of carboxylic acids is 1. The predicted octanol–water partition coefficient (Wildman–Crippen LogP) is 4.59. The first-order valence-electron chi connectivity index (χ1n) is 17.3. The second kappa shape index (κ2) is 17.1. The Labute approximate surface area is 313 Å². The van der Waals surface area contributed by atoms with E-state index in [-0.39, 0.29) is 36.8 Å².